The molecule has 1 aromatic rings. The van der Waals surface area contributed by atoms with Gasteiger partial charge in [-0.15, -0.1) is 12.4 Å². The predicted molar refractivity (Wildman–Crippen MR) is 117 cm³/mol. The third kappa shape index (κ3) is 4.93. The molecule has 0 bridgehead atoms. The number of nitrogens with zero attached hydrogens (tertiary/aromatic N) is 1. The zero-order chi connectivity index (χ0) is 19.5. The molecule has 2 unspecified atom stereocenters. The van der Waals surface area contributed by atoms with Gasteiger partial charge in [-0.3, -0.25) is 9.69 Å². The Labute approximate surface area is 180 Å². The summed E-state index contributed by atoms with van der Waals surface area (Å²) < 4.78 is 11.0. The molecule has 5 heteroatoms. The highest BCUT2D eigenvalue weighted by molar-refractivity contribution is 6.03. The number of carbonyl (C=O) groups excluding carboxylic acids is 1. The molecule has 158 valence electrons. The summed E-state index contributed by atoms with van der Waals surface area (Å²) in [6, 6.07) is 10.7. The second-order valence-corrected chi connectivity index (χ2v) is 8.40. The van der Waals surface area contributed by atoms with Gasteiger partial charge in [-0.2, -0.15) is 0 Å². The van der Waals surface area contributed by atoms with E-state index in [1.807, 2.05) is 6.08 Å². The van der Waals surface area contributed by atoms with Gasteiger partial charge < -0.3 is 9.47 Å². The van der Waals surface area contributed by atoms with Crippen LogP contribution in [0.15, 0.2) is 53.3 Å². The van der Waals surface area contributed by atoms with Crippen molar-refractivity contribution in [3.05, 3.63) is 58.9 Å². The minimum Gasteiger partial charge on any atom is -0.498 e. The Bertz CT molecular complexity index is 766. The minimum absolute atomic E-state index is 0. The fraction of sp³-hybridized carbons (Fsp3) is 0.542. The van der Waals surface area contributed by atoms with Crippen molar-refractivity contribution in [3.8, 4) is 0 Å². The lowest BCUT2D eigenvalue weighted by molar-refractivity contribution is -0.118. The first-order valence-electron chi connectivity index (χ1n) is 10.5. The molecule has 3 aliphatic rings. The molecule has 0 radical (unpaired) electrons. The monoisotopic (exact) mass is 417 g/mol. The highest BCUT2D eigenvalue weighted by atomic mass is 35.5. The van der Waals surface area contributed by atoms with Crippen molar-refractivity contribution in [1.82, 2.24) is 4.90 Å². The molecule has 2 aliphatic carbocycles. The average Bonchev–Trinajstić information content (AvgIpc) is 3.03. The maximum absolute atomic E-state index is 13.0. The molecule has 0 amide bonds. The van der Waals surface area contributed by atoms with Crippen LogP contribution in [-0.4, -0.2) is 44.1 Å². The van der Waals surface area contributed by atoms with E-state index >= 15 is 0 Å². The summed E-state index contributed by atoms with van der Waals surface area (Å²) in [6.45, 7) is 3.30. The molecule has 1 aromatic carbocycles. The number of benzene rings is 1. The van der Waals surface area contributed by atoms with Gasteiger partial charge in [0.05, 0.1) is 7.11 Å². The highest BCUT2D eigenvalue weighted by Crippen LogP contribution is 2.41. The van der Waals surface area contributed by atoms with E-state index in [1.54, 1.807) is 14.2 Å². The fourth-order valence-electron chi connectivity index (χ4n) is 5.02. The van der Waals surface area contributed by atoms with Crippen LogP contribution in [-0.2, 0) is 20.8 Å². The molecule has 0 aromatic heterocycles. The topological polar surface area (TPSA) is 38.8 Å². The smallest absolute Gasteiger partial charge is 0.166 e. The number of halogens is 1. The van der Waals surface area contributed by atoms with E-state index in [4.69, 9.17) is 9.47 Å². The average molecular weight is 418 g/mol. The van der Waals surface area contributed by atoms with Crippen LogP contribution in [0.2, 0.25) is 0 Å². The lowest BCUT2D eigenvalue weighted by Crippen LogP contribution is -2.34. The number of methoxy groups -OCH3 is 2. The van der Waals surface area contributed by atoms with E-state index in [-0.39, 0.29) is 24.4 Å². The standard InChI is InChI=1S/C24H31NO3.ClH/c1-27-22-14-19-13-20(24(26)21(19)15-23(22)28-2)12-17-8-10-25(11-9-17)16-18-6-4-3-5-7-18;/h3-7,15,17,20,22H,8-14,16H2,1-2H3;1H. The lowest BCUT2D eigenvalue weighted by atomic mass is 9.85. The van der Waals surface area contributed by atoms with E-state index in [0.29, 0.717) is 11.7 Å². The van der Waals surface area contributed by atoms with Crippen LogP contribution in [0.25, 0.3) is 0 Å². The Morgan fingerprint density at radius 2 is 1.79 bits per heavy atom. The molecule has 4 nitrogen and oxygen atoms in total. The Morgan fingerprint density at radius 3 is 2.45 bits per heavy atom. The highest BCUT2D eigenvalue weighted by Gasteiger charge is 2.38. The van der Waals surface area contributed by atoms with Crippen LogP contribution in [0.1, 0.15) is 37.7 Å². The molecule has 1 heterocycles. The molecule has 1 saturated heterocycles. The summed E-state index contributed by atoms with van der Waals surface area (Å²) >= 11 is 0. The molecule has 1 aliphatic heterocycles. The normalized spacial score (nSPS) is 25.4. The Kier molecular flexibility index (Phi) is 7.55. The maximum Gasteiger partial charge on any atom is 0.166 e. The van der Waals surface area contributed by atoms with Crippen molar-refractivity contribution >= 4 is 18.2 Å². The third-order valence-electron chi connectivity index (χ3n) is 6.64. The zero-order valence-corrected chi connectivity index (χ0v) is 18.2. The molecule has 29 heavy (non-hydrogen) atoms. The third-order valence-corrected chi connectivity index (χ3v) is 6.64. The molecule has 4 rings (SSSR count). The van der Waals surface area contributed by atoms with Crippen molar-refractivity contribution in [2.45, 2.75) is 44.8 Å². The van der Waals surface area contributed by atoms with Crippen LogP contribution in [0.3, 0.4) is 0 Å². The number of hydrogen-bond donors (Lipinski definition) is 0. The van der Waals surface area contributed by atoms with Crippen LogP contribution < -0.4 is 0 Å². The number of carbonyl (C=O) groups is 1. The Hall–Kier alpha value is -1.62. The van der Waals surface area contributed by atoms with Gasteiger partial charge in [-0.05, 0) is 56.3 Å². The van der Waals surface area contributed by atoms with Gasteiger partial charge in [0.2, 0.25) is 0 Å². The van der Waals surface area contributed by atoms with Crippen molar-refractivity contribution in [1.29, 1.82) is 0 Å². The largest absolute Gasteiger partial charge is 0.498 e. The van der Waals surface area contributed by atoms with Crippen LogP contribution >= 0.6 is 12.4 Å². The number of hydrogen-bond acceptors (Lipinski definition) is 4. The summed E-state index contributed by atoms with van der Waals surface area (Å²) in [5.41, 5.74) is 3.55. The quantitative estimate of drug-likeness (QED) is 0.680. The predicted octanol–water partition coefficient (Wildman–Crippen LogP) is 4.55. The molecule has 0 N–H and O–H groups in total. The number of likely N-dealkylation sites (tertiary alicyclic amines) is 1. The molecule has 1 fully saturated rings. The first-order chi connectivity index (χ1) is 13.7. The van der Waals surface area contributed by atoms with Gasteiger partial charge in [-0.1, -0.05) is 35.9 Å². The number of ketones is 1. The second-order valence-electron chi connectivity index (χ2n) is 8.40. The molecular weight excluding hydrogens is 386 g/mol. The number of rotatable bonds is 6. The summed E-state index contributed by atoms with van der Waals surface area (Å²) in [4.78, 5) is 15.5. The van der Waals surface area contributed by atoms with Crippen LogP contribution in [0.5, 0.6) is 0 Å². The van der Waals surface area contributed by atoms with Crippen LogP contribution in [0, 0.1) is 11.8 Å². The maximum atomic E-state index is 13.0. The summed E-state index contributed by atoms with van der Waals surface area (Å²) in [5, 5.41) is 0. The van der Waals surface area contributed by atoms with E-state index in [0.717, 1.165) is 50.2 Å². The first kappa shape index (κ1) is 22.1. The number of allylic oxidation sites excluding steroid dienone is 2. The molecule has 0 saturated carbocycles. The zero-order valence-electron chi connectivity index (χ0n) is 17.4. The molecule has 2 atom stereocenters. The van der Waals surface area contributed by atoms with Crippen LogP contribution in [0.4, 0.5) is 0 Å². The Balaban J connectivity index is 0.00000240. The van der Waals surface area contributed by atoms with Crippen molar-refractivity contribution in [3.63, 3.8) is 0 Å². The summed E-state index contributed by atoms with van der Waals surface area (Å²) in [5.74, 6) is 1.92. The van der Waals surface area contributed by atoms with Gasteiger partial charge in [0.25, 0.3) is 0 Å². The number of piperidine rings is 1. The van der Waals surface area contributed by atoms with Gasteiger partial charge in [0.1, 0.15) is 11.9 Å². The summed E-state index contributed by atoms with van der Waals surface area (Å²) in [7, 11) is 3.37. The second kappa shape index (κ2) is 9.92. The SMILES string of the molecule is COC1=CC2=C(CC(CC3CCN(Cc4ccccc4)CC3)C2=O)CC1OC.Cl. The number of Topliss-reactive ketones (excluding diaryl/α,β-unsaturated/α-hetero) is 1. The first-order valence-corrected chi connectivity index (χ1v) is 10.5. The molecular formula is C24H32ClNO3. The summed E-state index contributed by atoms with van der Waals surface area (Å²) in [6.07, 6.45) is 7.00. The van der Waals surface area contributed by atoms with Gasteiger partial charge in [0, 0.05) is 31.6 Å². The van der Waals surface area contributed by atoms with Crippen molar-refractivity contribution < 1.29 is 14.3 Å². The van der Waals surface area contributed by atoms with E-state index in [9.17, 15) is 4.79 Å². The van der Waals surface area contributed by atoms with Gasteiger partial charge in [0.15, 0.2) is 5.78 Å². The fourth-order valence-corrected chi connectivity index (χ4v) is 5.02. The lowest BCUT2D eigenvalue weighted by Gasteiger charge is -2.33. The van der Waals surface area contributed by atoms with E-state index < -0.39 is 0 Å². The van der Waals surface area contributed by atoms with Crippen molar-refractivity contribution in [2.75, 3.05) is 27.3 Å². The van der Waals surface area contributed by atoms with E-state index in [2.05, 4.69) is 35.2 Å². The minimum atomic E-state index is -0.0449. The van der Waals surface area contributed by atoms with Gasteiger partial charge in [-0.25, -0.2) is 0 Å². The molecule has 0 spiro atoms. The Morgan fingerprint density at radius 1 is 1.07 bits per heavy atom. The van der Waals surface area contributed by atoms with Crippen molar-refractivity contribution in [2.24, 2.45) is 11.8 Å². The number of ether oxygens (including phenoxy) is 2. The van der Waals surface area contributed by atoms with E-state index in [1.165, 1.54) is 24.0 Å². The van der Waals surface area contributed by atoms with Gasteiger partial charge >= 0.3 is 0 Å².